The van der Waals surface area contributed by atoms with Crippen LogP contribution in [0.3, 0.4) is 0 Å². The highest BCUT2D eigenvalue weighted by Gasteiger charge is 2.50. The van der Waals surface area contributed by atoms with Gasteiger partial charge >= 0.3 is 0 Å². The number of aliphatic hydroxyl groups excluding tert-OH is 7. The van der Waals surface area contributed by atoms with Gasteiger partial charge in [0.25, 0.3) is 0 Å². The monoisotopic (exact) mass is 597 g/mol. The molecule has 3 aliphatic rings. The van der Waals surface area contributed by atoms with Crippen LogP contribution in [0.4, 0.5) is 0 Å². The maximum absolute atomic E-state index is 11.5. The summed E-state index contributed by atoms with van der Waals surface area (Å²) >= 11 is 0. The van der Waals surface area contributed by atoms with Crippen LogP contribution in [0.5, 0.6) is 0 Å². The molecule has 0 aromatic carbocycles. The van der Waals surface area contributed by atoms with Crippen molar-refractivity contribution < 1.29 is 54.7 Å². The van der Waals surface area contributed by atoms with Crippen LogP contribution in [0, 0.1) is 5.92 Å². The van der Waals surface area contributed by atoms with Crippen molar-refractivity contribution in [3.8, 4) is 0 Å². The normalized spacial score (nSPS) is 43.5. The van der Waals surface area contributed by atoms with Crippen molar-refractivity contribution in [2.24, 2.45) is 28.9 Å². The molecular weight excluding hydrogens is 546 g/mol. The summed E-state index contributed by atoms with van der Waals surface area (Å²) in [6, 6.07) is -2.33. The second-order valence-electron chi connectivity index (χ2n) is 11.5. The van der Waals surface area contributed by atoms with Gasteiger partial charge in [0.2, 0.25) is 0 Å². The molecule has 1 aliphatic carbocycles. The number of rotatable bonds is 14. The van der Waals surface area contributed by atoms with Crippen molar-refractivity contribution in [3.05, 3.63) is 0 Å². The zero-order valence-corrected chi connectivity index (χ0v) is 23.3. The van der Waals surface area contributed by atoms with E-state index in [9.17, 15) is 30.6 Å². The Morgan fingerprint density at radius 1 is 0.854 bits per heavy atom. The predicted octanol–water partition coefficient (Wildman–Crippen LogP) is -5.89. The lowest BCUT2D eigenvalue weighted by molar-refractivity contribution is -0.318. The fraction of sp³-hybridized carbons (Fsp3) is 1.00. The second-order valence-corrected chi connectivity index (χ2v) is 11.5. The third-order valence-corrected chi connectivity index (χ3v) is 8.26. The summed E-state index contributed by atoms with van der Waals surface area (Å²) in [6.45, 7) is -0.303. The van der Waals surface area contributed by atoms with Crippen LogP contribution in [0.15, 0.2) is 0 Å². The van der Waals surface area contributed by atoms with Gasteiger partial charge in [0.1, 0.15) is 30.5 Å². The molecule has 0 bridgehead atoms. The molecule has 16 heteroatoms. The Morgan fingerprint density at radius 3 is 2.22 bits per heavy atom. The van der Waals surface area contributed by atoms with E-state index >= 15 is 0 Å². The highest BCUT2D eigenvalue weighted by Crippen LogP contribution is 2.36. The lowest BCUT2D eigenvalue weighted by atomic mass is 9.77. The van der Waals surface area contributed by atoms with Gasteiger partial charge in [0.15, 0.2) is 12.6 Å². The zero-order valence-electron chi connectivity index (χ0n) is 23.3. The first-order valence-electron chi connectivity index (χ1n) is 14.4. The van der Waals surface area contributed by atoms with Crippen molar-refractivity contribution in [3.63, 3.8) is 0 Å². The van der Waals surface area contributed by atoms with Gasteiger partial charge in [0.05, 0.1) is 49.7 Å². The van der Waals surface area contributed by atoms with Crippen molar-refractivity contribution in [1.29, 1.82) is 0 Å². The molecule has 0 aromatic heterocycles. The lowest BCUT2D eigenvalue weighted by Gasteiger charge is -2.48. The van der Waals surface area contributed by atoms with Crippen LogP contribution in [0.25, 0.3) is 0 Å². The first-order chi connectivity index (χ1) is 19.5. The van der Waals surface area contributed by atoms with Crippen LogP contribution in [-0.2, 0) is 18.9 Å². The summed E-state index contributed by atoms with van der Waals surface area (Å²) < 4.78 is 23.9. The molecule has 0 radical (unpaired) electrons. The van der Waals surface area contributed by atoms with Gasteiger partial charge in [-0.3, -0.25) is 0 Å². The van der Waals surface area contributed by atoms with E-state index in [1.807, 2.05) is 0 Å². The Kier molecular flexibility index (Phi) is 14.0. The first kappa shape index (κ1) is 34.8. The average Bonchev–Trinajstić information content (AvgIpc) is 2.96. The molecule has 0 amide bonds. The van der Waals surface area contributed by atoms with E-state index in [-0.39, 0.29) is 25.8 Å². The highest BCUT2D eigenvalue weighted by atomic mass is 16.7. The molecule has 16 N–H and O–H groups in total. The van der Waals surface area contributed by atoms with Gasteiger partial charge in [-0.2, -0.15) is 0 Å². The largest absolute Gasteiger partial charge is 0.394 e. The third kappa shape index (κ3) is 9.18. The molecule has 1 saturated carbocycles. The van der Waals surface area contributed by atoms with Crippen molar-refractivity contribution in [2.75, 3.05) is 32.8 Å². The molecule has 16 nitrogen and oxygen atoms in total. The van der Waals surface area contributed by atoms with E-state index in [2.05, 4.69) is 5.32 Å². The molecule has 2 saturated heterocycles. The number of nitrogens with two attached hydrogens (primary N) is 4. The third-order valence-electron chi connectivity index (χ3n) is 8.26. The molecule has 2 heterocycles. The zero-order chi connectivity index (χ0) is 30.3. The summed E-state index contributed by atoms with van der Waals surface area (Å²) in [5.74, 6) is -0.400. The van der Waals surface area contributed by atoms with Gasteiger partial charge < -0.3 is 82.9 Å². The smallest absolute Gasteiger partial charge is 0.186 e. The topological polar surface area (TPSA) is 295 Å². The molecule has 3 rings (SSSR count). The minimum Gasteiger partial charge on any atom is -0.394 e. The molecular formula is C25H51N5O11. The van der Waals surface area contributed by atoms with Crippen molar-refractivity contribution >= 4 is 0 Å². The van der Waals surface area contributed by atoms with E-state index in [4.69, 9.17) is 47.0 Å². The minimum atomic E-state index is -1.46. The first-order valence-corrected chi connectivity index (χ1v) is 14.4. The lowest BCUT2D eigenvalue weighted by Crippen LogP contribution is -2.66. The van der Waals surface area contributed by atoms with Crippen molar-refractivity contribution in [2.45, 2.75) is 118 Å². The summed E-state index contributed by atoms with van der Waals surface area (Å²) in [5.41, 5.74) is 24.3. The van der Waals surface area contributed by atoms with Crippen LogP contribution >= 0.6 is 0 Å². The van der Waals surface area contributed by atoms with Crippen LogP contribution in [0.1, 0.15) is 32.1 Å². The Labute approximate surface area is 239 Å². The number of aliphatic hydroxyl groups is 7. The van der Waals surface area contributed by atoms with Gasteiger partial charge in [-0.1, -0.05) is 0 Å². The quantitative estimate of drug-likeness (QED) is 0.0887. The Morgan fingerprint density at radius 2 is 1.56 bits per heavy atom. The number of ether oxygens (including phenoxy) is 4. The van der Waals surface area contributed by atoms with E-state index < -0.39 is 92.1 Å². The van der Waals surface area contributed by atoms with E-state index in [1.165, 1.54) is 0 Å². The Bertz CT molecular complexity index is 761. The van der Waals surface area contributed by atoms with E-state index in [1.54, 1.807) is 0 Å². The summed E-state index contributed by atoms with van der Waals surface area (Å²) in [7, 11) is 0. The molecule has 242 valence electrons. The van der Waals surface area contributed by atoms with Crippen LogP contribution in [-0.4, -0.2) is 154 Å². The molecule has 3 unspecified atom stereocenters. The predicted molar refractivity (Wildman–Crippen MR) is 144 cm³/mol. The number of hydrogen-bond donors (Lipinski definition) is 12. The fourth-order valence-corrected chi connectivity index (χ4v) is 5.69. The molecule has 2 aliphatic heterocycles. The van der Waals surface area contributed by atoms with Crippen LogP contribution < -0.4 is 28.3 Å². The standard InChI is InChI=1S/C25H51N5O11/c26-6-12(33)2-1-11-5-16(28)23(41-24-15(27)4-3-14(38-24)8-30-7-13(34)9-31)21(37)22(11)40-25-20(36)18(29)19(35)17(10-32)39-25/h11-25,30-37H,1-10,26-29H2/t11-,12?,13?,14+,15-,16+,17-,18+,19-,20-,21-,22+,23?,24-,25-/m1/s1. The SMILES string of the molecule is NCC(O)CC[C@@H]1C[C@H](N)C(O[C@H]2O[C@H](CNCC(O)CO)CC[C@H]2N)[C@H](O)[C@H]1O[C@H]1O[C@H](CO)[C@@H](O)[C@H](N)[C@H]1O. The highest BCUT2D eigenvalue weighted by molar-refractivity contribution is 4.99. The average molecular weight is 598 g/mol. The van der Waals surface area contributed by atoms with Gasteiger partial charge in [0, 0.05) is 25.7 Å². The summed E-state index contributed by atoms with van der Waals surface area (Å²) in [6.07, 6.45) is -9.23. The maximum Gasteiger partial charge on any atom is 0.186 e. The number of nitrogens with one attached hydrogen (secondary N) is 1. The molecule has 3 fully saturated rings. The summed E-state index contributed by atoms with van der Waals surface area (Å²) in [4.78, 5) is 0. The van der Waals surface area contributed by atoms with E-state index in [0.29, 0.717) is 38.6 Å². The van der Waals surface area contributed by atoms with E-state index in [0.717, 1.165) is 0 Å². The summed E-state index contributed by atoms with van der Waals surface area (Å²) in [5, 5.41) is 73.6. The second kappa shape index (κ2) is 16.4. The van der Waals surface area contributed by atoms with Gasteiger partial charge in [-0.15, -0.1) is 0 Å². The molecule has 15 atom stereocenters. The van der Waals surface area contributed by atoms with Gasteiger partial charge in [-0.05, 0) is 38.0 Å². The molecule has 0 aromatic rings. The maximum atomic E-state index is 11.5. The molecule has 41 heavy (non-hydrogen) atoms. The van der Waals surface area contributed by atoms with Gasteiger partial charge in [-0.25, -0.2) is 0 Å². The number of hydrogen-bond acceptors (Lipinski definition) is 16. The molecule has 0 spiro atoms. The fourth-order valence-electron chi connectivity index (χ4n) is 5.69. The van der Waals surface area contributed by atoms with Crippen molar-refractivity contribution in [1.82, 2.24) is 5.32 Å². The minimum absolute atomic E-state index is 0.0554. The Balaban J connectivity index is 1.72. The Hall–Kier alpha value is -0.640. The van der Waals surface area contributed by atoms with Crippen LogP contribution in [0.2, 0.25) is 0 Å².